The van der Waals surface area contributed by atoms with Crippen molar-refractivity contribution >= 4 is 40.6 Å². The molecule has 0 fully saturated rings. The minimum absolute atomic E-state index is 0.145. The fourth-order valence-electron chi connectivity index (χ4n) is 3.53. The molecule has 0 saturated heterocycles. The first kappa shape index (κ1) is 20.9. The zero-order chi connectivity index (χ0) is 21.8. The molecule has 1 aliphatic rings. The Morgan fingerprint density at radius 2 is 1.97 bits per heavy atom. The highest BCUT2D eigenvalue weighted by Crippen LogP contribution is 2.25. The maximum absolute atomic E-state index is 13.1. The van der Waals surface area contributed by atoms with Gasteiger partial charge in [0.25, 0.3) is 5.91 Å². The molecule has 2 atom stereocenters. The zero-order valence-electron chi connectivity index (χ0n) is 17.0. The van der Waals surface area contributed by atoms with Gasteiger partial charge in [0.2, 0.25) is 5.91 Å². The number of hydrazone groups is 1. The maximum atomic E-state index is 13.1. The van der Waals surface area contributed by atoms with Crippen LogP contribution in [0.1, 0.15) is 24.7 Å². The number of aromatic nitrogens is 3. The molecule has 9 nitrogen and oxygen atoms in total. The molecule has 3 N–H and O–H groups in total. The summed E-state index contributed by atoms with van der Waals surface area (Å²) < 4.78 is 1.87. The van der Waals surface area contributed by atoms with Gasteiger partial charge in [0.1, 0.15) is 11.8 Å². The van der Waals surface area contributed by atoms with Gasteiger partial charge in [-0.3, -0.25) is 19.0 Å². The highest BCUT2D eigenvalue weighted by atomic mass is 32.2. The molecule has 0 spiro atoms. The third-order valence-corrected chi connectivity index (χ3v) is 5.73. The average Bonchev–Trinajstić information content (AvgIpc) is 3.42. The Labute approximate surface area is 183 Å². The van der Waals surface area contributed by atoms with Crippen molar-refractivity contribution in [3.63, 3.8) is 0 Å². The van der Waals surface area contributed by atoms with E-state index in [1.165, 1.54) is 5.01 Å². The molecule has 31 heavy (non-hydrogen) atoms. The first-order valence-corrected chi connectivity index (χ1v) is 11.3. The molecule has 0 radical (unpaired) electrons. The van der Waals surface area contributed by atoms with Crippen LogP contribution in [0.15, 0.2) is 59.8 Å². The summed E-state index contributed by atoms with van der Waals surface area (Å²) in [7, 11) is 0. The van der Waals surface area contributed by atoms with Crippen LogP contribution in [0.5, 0.6) is 0 Å². The summed E-state index contributed by atoms with van der Waals surface area (Å²) in [5, 5.41) is 17.5. The van der Waals surface area contributed by atoms with Crippen LogP contribution in [0.3, 0.4) is 0 Å². The van der Waals surface area contributed by atoms with Gasteiger partial charge in [-0.2, -0.15) is 16.9 Å². The number of carbonyl (C=O) groups excluding carboxylic acids is 2. The van der Waals surface area contributed by atoms with Crippen molar-refractivity contribution < 1.29 is 9.59 Å². The molecule has 160 valence electrons. The minimum atomic E-state index is -0.707. The van der Waals surface area contributed by atoms with E-state index in [4.69, 9.17) is 5.73 Å². The van der Waals surface area contributed by atoms with Crippen molar-refractivity contribution in [2.45, 2.75) is 24.9 Å². The number of anilines is 1. The van der Waals surface area contributed by atoms with Crippen LogP contribution in [0.4, 0.5) is 5.69 Å². The third kappa shape index (κ3) is 4.38. The highest BCUT2D eigenvalue weighted by molar-refractivity contribution is 7.98. The van der Waals surface area contributed by atoms with Crippen LogP contribution in [-0.4, -0.2) is 50.2 Å². The van der Waals surface area contributed by atoms with Crippen molar-refractivity contribution in [3.05, 3.63) is 60.6 Å². The molecule has 2 aromatic heterocycles. The number of thioether (sulfide) groups is 1. The minimum Gasteiger partial charge on any atom is -0.368 e. The first-order chi connectivity index (χ1) is 15.1. The van der Waals surface area contributed by atoms with Gasteiger partial charge < -0.3 is 11.1 Å². The van der Waals surface area contributed by atoms with Crippen molar-refractivity contribution in [3.8, 4) is 0 Å². The second kappa shape index (κ2) is 9.17. The normalized spacial score (nSPS) is 16.9. The van der Waals surface area contributed by atoms with E-state index >= 15 is 0 Å². The lowest BCUT2D eigenvalue weighted by Crippen LogP contribution is -2.40. The highest BCUT2D eigenvalue weighted by Gasteiger charge is 2.35. The lowest BCUT2D eigenvalue weighted by molar-refractivity contribution is -0.119. The van der Waals surface area contributed by atoms with Crippen molar-refractivity contribution in [2.75, 3.05) is 17.0 Å². The number of para-hydroxylation sites is 1. The smallest absolute Gasteiger partial charge is 0.268 e. The standard InChI is InChI=1S/C21H23N7O2S/c1-31-12-10-15(20-25-24-18-9-5-6-11-27(18)20)23-21(30)16-13-17(19(22)29)28(26-16)14-7-3-2-4-8-14/h2-9,11,15,17H,10,12-13H2,1H3,(H2,22,29)(H,23,30). The zero-order valence-corrected chi connectivity index (χ0v) is 17.8. The molecule has 0 bridgehead atoms. The Hall–Kier alpha value is -3.40. The van der Waals surface area contributed by atoms with Crippen molar-refractivity contribution in [2.24, 2.45) is 10.8 Å². The van der Waals surface area contributed by atoms with Gasteiger partial charge in [-0.15, -0.1) is 10.2 Å². The summed E-state index contributed by atoms with van der Waals surface area (Å²) in [5.41, 5.74) is 7.26. The fraction of sp³-hybridized carbons (Fsp3) is 0.286. The molecule has 3 aromatic rings. The number of hydrogen-bond donors (Lipinski definition) is 2. The van der Waals surface area contributed by atoms with Crippen molar-refractivity contribution in [1.82, 2.24) is 19.9 Å². The van der Waals surface area contributed by atoms with E-state index in [9.17, 15) is 9.59 Å². The maximum Gasteiger partial charge on any atom is 0.268 e. The Balaban J connectivity index is 1.59. The SMILES string of the molecule is CSCCC(NC(=O)C1=NN(c2ccccc2)C(C(N)=O)C1)c1nnc2ccccn12. The van der Waals surface area contributed by atoms with Gasteiger partial charge >= 0.3 is 0 Å². The van der Waals surface area contributed by atoms with Crippen molar-refractivity contribution in [1.29, 1.82) is 0 Å². The van der Waals surface area contributed by atoms with E-state index < -0.39 is 11.9 Å². The molecule has 2 amide bonds. The Kier molecular flexibility index (Phi) is 6.17. The van der Waals surface area contributed by atoms with Crippen LogP contribution in [0, 0.1) is 0 Å². The van der Waals surface area contributed by atoms with E-state index in [2.05, 4.69) is 20.6 Å². The summed E-state index contributed by atoms with van der Waals surface area (Å²) in [6, 6.07) is 13.8. The van der Waals surface area contributed by atoms with E-state index in [0.717, 1.165) is 5.75 Å². The monoisotopic (exact) mass is 437 g/mol. The number of benzene rings is 1. The molecule has 0 saturated carbocycles. The number of nitrogens with one attached hydrogen (secondary N) is 1. The third-order valence-electron chi connectivity index (χ3n) is 5.09. The number of carbonyl (C=O) groups is 2. The van der Waals surface area contributed by atoms with Gasteiger partial charge in [0, 0.05) is 12.6 Å². The van der Waals surface area contributed by atoms with Gasteiger partial charge in [-0.25, -0.2) is 0 Å². The van der Waals surface area contributed by atoms with E-state index in [1.807, 2.05) is 65.4 Å². The van der Waals surface area contributed by atoms with Crippen LogP contribution >= 0.6 is 11.8 Å². The number of hydrogen-bond acceptors (Lipinski definition) is 7. The lowest BCUT2D eigenvalue weighted by Gasteiger charge is -2.20. The molecule has 2 unspecified atom stereocenters. The van der Waals surface area contributed by atoms with Crippen LogP contribution in [0.2, 0.25) is 0 Å². The predicted octanol–water partition coefficient (Wildman–Crippen LogP) is 1.76. The second-order valence-electron chi connectivity index (χ2n) is 7.14. The number of rotatable bonds is 8. The summed E-state index contributed by atoms with van der Waals surface area (Å²) in [6.07, 6.45) is 4.71. The quantitative estimate of drug-likeness (QED) is 0.554. The molecular weight excluding hydrogens is 414 g/mol. The molecule has 4 rings (SSSR count). The van der Waals surface area contributed by atoms with Gasteiger partial charge in [0.15, 0.2) is 11.5 Å². The number of fused-ring (bicyclic) bond motifs is 1. The molecule has 10 heteroatoms. The van der Waals surface area contributed by atoms with E-state index in [1.54, 1.807) is 11.8 Å². The summed E-state index contributed by atoms with van der Waals surface area (Å²) >= 11 is 1.69. The number of primary amides is 1. The Morgan fingerprint density at radius 1 is 1.19 bits per heavy atom. The molecular formula is C21H23N7O2S. The fourth-order valence-corrected chi connectivity index (χ4v) is 4.00. The topological polar surface area (TPSA) is 118 Å². The molecule has 0 aliphatic carbocycles. The summed E-state index contributed by atoms with van der Waals surface area (Å²) in [6.45, 7) is 0. The molecule has 3 heterocycles. The number of nitrogens with zero attached hydrogens (tertiary/aromatic N) is 5. The second-order valence-corrected chi connectivity index (χ2v) is 8.13. The van der Waals surface area contributed by atoms with E-state index in [0.29, 0.717) is 23.6 Å². The van der Waals surface area contributed by atoms with Gasteiger partial charge in [0.05, 0.1) is 11.7 Å². The predicted molar refractivity (Wildman–Crippen MR) is 121 cm³/mol. The Morgan fingerprint density at radius 3 is 2.71 bits per heavy atom. The van der Waals surface area contributed by atoms with Crippen LogP contribution < -0.4 is 16.1 Å². The van der Waals surface area contributed by atoms with Crippen LogP contribution in [0.25, 0.3) is 5.65 Å². The average molecular weight is 438 g/mol. The number of amides is 2. The van der Waals surface area contributed by atoms with Gasteiger partial charge in [-0.05, 0) is 42.7 Å². The molecule has 1 aliphatic heterocycles. The van der Waals surface area contributed by atoms with Crippen LogP contribution in [-0.2, 0) is 9.59 Å². The van der Waals surface area contributed by atoms with E-state index in [-0.39, 0.29) is 24.1 Å². The Bertz CT molecular complexity index is 1120. The number of pyridine rings is 1. The lowest BCUT2D eigenvalue weighted by atomic mass is 10.1. The summed E-state index contributed by atoms with van der Waals surface area (Å²) in [5.74, 6) is 0.614. The molecule has 1 aromatic carbocycles. The number of nitrogens with two attached hydrogens (primary N) is 1. The van der Waals surface area contributed by atoms with Gasteiger partial charge in [-0.1, -0.05) is 24.3 Å². The summed E-state index contributed by atoms with van der Waals surface area (Å²) in [4.78, 5) is 25.1. The first-order valence-electron chi connectivity index (χ1n) is 9.89. The largest absolute Gasteiger partial charge is 0.368 e.